The van der Waals surface area contributed by atoms with Crippen molar-refractivity contribution < 1.29 is 14.7 Å². The fraction of sp³-hybridized carbons (Fsp3) is 0.500. The molecule has 114 valence electrons. The molecule has 1 fully saturated rings. The number of nitrogens with one attached hydrogen (secondary N) is 1. The van der Waals surface area contributed by atoms with Gasteiger partial charge >= 0.3 is 5.97 Å². The summed E-state index contributed by atoms with van der Waals surface area (Å²) in [6, 6.07) is 4.94. The van der Waals surface area contributed by atoms with Gasteiger partial charge in [-0.2, -0.15) is 0 Å². The Morgan fingerprint density at radius 2 is 2.14 bits per heavy atom. The average molecular weight is 290 g/mol. The second-order valence-electron chi connectivity index (χ2n) is 6.17. The third-order valence-electron chi connectivity index (χ3n) is 4.14. The molecule has 0 aromatic heterocycles. The molecule has 2 atom stereocenters. The number of carboxylic acids is 1. The van der Waals surface area contributed by atoms with Crippen molar-refractivity contribution in [2.75, 3.05) is 5.32 Å². The quantitative estimate of drug-likeness (QED) is 0.797. The van der Waals surface area contributed by atoms with Crippen LogP contribution in [0.3, 0.4) is 0 Å². The van der Waals surface area contributed by atoms with E-state index in [1.165, 1.54) is 0 Å². The maximum absolute atomic E-state index is 12.5. The third-order valence-corrected chi connectivity index (χ3v) is 4.14. The van der Waals surface area contributed by atoms with Crippen molar-refractivity contribution in [3.8, 4) is 0 Å². The molecule has 21 heavy (non-hydrogen) atoms. The van der Waals surface area contributed by atoms with Gasteiger partial charge in [-0.05, 0) is 37.8 Å². The second kappa shape index (κ2) is 5.85. The standard InChI is InChI=1S/C16H22N2O3/c1-10-5-6-13(12(8-10)14(19)20)18-15(21)16(17)7-3-4-11(2)9-16/h5-6,8,11H,3-4,7,9,17H2,1-2H3,(H,18,21)(H,19,20). The Bertz CT molecular complexity index is 571. The number of anilines is 1. The fourth-order valence-electron chi connectivity index (χ4n) is 2.99. The van der Waals surface area contributed by atoms with Crippen LogP contribution in [0.15, 0.2) is 18.2 Å². The number of rotatable bonds is 3. The number of nitrogens with two attached hydrogens (primary N) is 1. The van der Waals surface area contributed by atoms with Crippen LogP contribution in [0.2, 0.25) is 0 Å². The molecule has 0 saturated heterocycles. The first-order chi connectivity index (χ1) is 9.82. The van der Waals surface area contributed by atoms with E-state index in [2.05, 4.69) is 12.2 Å². The Balaban J connectivity index is 2.21. The van der Waals surface area contributed by atoms with Crippen molar-refractivity contribution in [3.63, 3.8) is 0 Å². The zero-order valence-corrected chi connectivity index (χ0v) is 12.5. The minimum Gasteiger partial charge on any atom is -0.478 e. The van der Waals surface area contributed by atoms with Gasteiger partial charge in [0.05, 0.1) is 16.8 Å². The predicted octanol–water partition coefficient (Wildman–Crippen LogP) is 2.54. The van der Waals surface area contributed by atoms with Gasteiger partial charge in [0.1, 0.15) is 0 Å². The maximum Gasteiger partial charge on any atom is 0.337 e. The molecule has 5 heteroatoms. The van der Waals surface area contributed by atoms with Crippen molar-refractivity contribution in [2.45, 2.75) is 45.1 Å². The third kappa shape index (κ3) is 3.42. The molecule has 2 unspecified atom stereocenters. The van der Waals surface area contributed by atoms with Gasteiger partial charge in [-0.1, -0.05) is 31.4 Å². The van der Waals surface area contributed by atoms with E-state index in [4.69, 9.17) is 5.73 Å². The van der Waals surface area contributed by atoms with Gasteiger partial charge in [-0.25, -0.2) is 4.79 Å². The molecule has 4 N–H and O–H groups in total. The second-order valence-corrected chi connectivity index (χ2v) is 6.17. The number of amides is 1. The number of carbonyl (C=O) groups is 2. The average Bonchev–Trinajstić information content (AvgIpc) is 2.40. The molecular weight excluding hydrogens is 268 g/mol. The molecule has 1 saturated carbocycles. The molecule has 0 bridgehead atoms. The van der Waals surface area contributed by atoms with E-state index < -0.39 is 11.5 Å². The van der Waals surface area contributed by atoms with Crippen LogP contribution in [-0.4, -0.2) is 22.5 Å². The SMILES string of the molecule is Cc1ccc(NC(=O)C2(N)CCCC(C)C2)c(C(=O)O)c1. The van der Waals surface area contributed by atoms with Crippen LogP contribution in [0.5, 0.6) is 0 Å². The lowest BCUT2D eigenvalue weighted by Gasteiger charge is -2.35. The van der Waals surface area contributed by atoms with Crippen LogP contribution >= 0.6 is 0 Å². The van der Waals surface area contributed by atoms with E-state index in [1.54, 1.807) is 18.2 Å². The zero-order chi connectivity index (χ0) is 15.6. The summed E-state index contributed by atoms with van der Waals surface area (Å²) in [7, 11) is 0. The topological polar surface area (TPSA) is 92.4 Å². The molecule has 2 rings (SSSR count). The number of aromatic carboxylic acids is 1. The van der Waals surface area contributed by atoms with E-state index in [0.29, 0.717) is 24.4 Å². The van der Waals surface area contributed by atoms with Crippen molar-refractivity contribution in [1.29, 1.82) is 0 Å². The normalized spacial score (nSPS) is 25.4. The summed E-state index contributed by atoms with van der Waals surface area (Å²) in [5, 5.41) is 11.9. The number of hydrogen-bond donors (Lipinski definition) is 3. The summed E-state index contributed by atoms with van der Waals surface area (Å²) in [6.45, 7) is 3.90. The molecule has 0 radical (unpaired) electrons. The summed E-state index contributed by atoms with van der Waals surface area (Å²) in [6.07, 6.45) is 3.27. The number of benzene rings is 1. The van der Waals surface area contributed by atoms with Gasteiger partial charge in [0.15, 0.2) is 0 Å². The van der Waals surface area contributed by atoms with Gasteiger partial charge < -0.3 is 16.2 Å². The Labute approximate surface area is 124 Å². The molecule has 1 aliphatic carbocycles. The molecule has 1 aliphatic rings. The molecule has 5 nitrogen and oxygen atoms in total. The zero-order valence-electron chi connectivity index (χ0n) is 12.5. The van der Waals surface area contributed by atoms with Crippen LogP contribution in [0.25, 0.3) is 0 Å². The van der Waals surface area contributed by atoms with Gasteiger partial charge in [0.25, 0.3) is 0 Å². The Hall–Kier alpha value is -1.88. The van der Waals surface area contributed by atoms with Crippen molar-refractivity contribution in [3.05, 3.63) is 29.3 Å². The Morgan fingerprint density at radius 1 is 1.43 bits per heavy atom. The summed E-state index contributed by atoms with van der Waals surface area (Å²) in [4.78, 5) is 23.7. The largest absolute Gasteiger partial charge is 0.478 e. The van der Waals surface area contributed by atoms with Gasteiger partial charge in [0, 0.05) is 0 Å². The molecular formula is C16H22N2O3. The van der Waals surface area contributed by atoms with E-state index in [0.717, 1.165) is 18.4 Å². The van der Waals surface area contributed by atoms with Gasteiger partial charge in [0.2, 0.25) is 5.91 Å². The molecule has 1 aromatic rings. The summed E-state index contributed by atoms with van der Waals surface area (Å²) in [5.74, 6) is -0.941. The summed E-state index contributed by atoms with van der Waals surface area (Å²) in [5.41, 5.74) is 6.57. The van der Waals surface area contributed by atoms with E-state index in [9.17, 15) is 14.7 Å². The fourth-order valence-corrected chi connectivity index (χ4v) is 2.99. The van der Waals surface area contributed by atoms with Crippen LogP contribution < -0.4 is 11.1 Å². The minimum absolute atomic E-state index is 0.0933. The van der Waals surface area contributed by atoms with Crippen molar-refractivity contribution >= 4 is 17.6 Å². The predicted molar refractivity (Wildman–Crippen MR) is 81.3 cm³/mol. The highest BCUT2D eigenvalue weighted by Gasteiger charge is 2.38. The number of carbonyl (C=O) groups excluding carboxylic acids is 1. The molecule has 1 aromatic carbocycles. The lowest BCUT2D eigenvalue weighted by atomic mass is 9.76. The van der Waals surface area contributed by atoms with Crippen LogP contribution in [0.1, 0.15) is 48.5 Å². The van der Waals surface area contributed by atoms with Crippen LogP contribution in [-0.2, 0) is 4.79 Å². The highest BCUT2D eigenvalue weighted by atomic mass is 16.4. The first-order valence-corrected chi connectivity index (χ1v) is 7.26. The first-order valence-electron chi connectivity index (χ1n) is 7.26. The van der Waals surface area contributed by atoms with Gasteiger partial charge in [-0.3, -0.25) is 4.79 Å². The first kappa shape index (κ1) is 15.5. The molecule has 0 aliphatic heterocycles. The molecule has 1 amide bonds. The smallest absolute Gasteiger partial charge is 0.337 e. The number of carboxylic acid groups (broad SMARTS) is 1. The monoisotopic (exact) mass is 290 g/mol. The molecule has 0 heterocycles. The Morgan fingerprint density at radius 3 is 2.76 bits per heavy atom. The summed E-state index contributed by atoms with van der Waals surface area (Å²) < 4.78 is 0. The maximum atomic E-state index is 12.5. The number of hydrogen-bond acceptors (Lipinski definition) is 3. The van der Waals surface area contributed by atoms with E-state index in [-0.39, 0.29) is 11.5 Å². The van der Waals surface area contributed by atoms with Crippen LogP contribution in [0, 0.1) is 12.8 Å². The van der Waals surface area contributed by atoms with Gasteiger partial charge in [-0.15, -0.1) is 0 Å². The van der Waals surface area contributed by atoms with Crippen molar-refractivity contribution in [2.24, 2.45) is 11.7 Å². The summed E-state index contributed by atoms with van der Waals surface area (Å²) >= 11 is 0. The minimum atomic E-state index is -1.06. The molecule has 0 spiro atoms. The lowest BCUT2D eigenvalue weighted by molar-refractivity contribution is -0.122. The van der Waals surface area contributed by atoms with Crippen molar-refractivity contribution in [1.82, 2.24) is 0 Å². The lowest BCUT2D eigenvalue weighted by Crippen LogP contribution is -2.53. The van der Waals surface area contributed by atoms with Crippen LogP contribution in [0.4, 0.5) is 5.69 Å². The number of aryl methyl sites for hydroxylation is 1. The highest BCUT2D eigenvalue weighted by Crippen LogP contribution is 2.31. The Kier molecular flexibility index (Phi) is 4.32. The van der Waals surface area contributed by atoms with E-state index in [1.807, 2.05) is 6.92 Å². The van der Waals surface area contributed by atoms with E-state index >= 15 is 0 Å². The highest BCUT2D eigenvalue weighted by molar-refractivity contribution is 6.03.